The van der Waals surface area contributed by atoms with Crippen LogP contribution in [0.2, 0.25) is 0 Å². The number of amides is 1. The highest BCUT2D eigenvalue weighted by atomic mass is 32.2. The van der Waals surface area contributed by atoms with Crippen molar-refractivity contribution in [3.8, 4) is 0 Å². The number of hydrogen-bond acceptors (Lipinski definition) is 4. The van der Waals surface area contributed by atoms with Gasteiger partial charge in [0.1, 0.15) is 0 Å². The minimum Gasteiger partial charge on any atom is -0.462 e. The zero-order valence-electron chi connectivity index (χ0n) is 15.8. The monoisotopic (exact) mass is 351 g/mol. The molecule has 0 bridgehead atoms. The van der Waals surface area contributed by atoms with Crippen molar-refractivity contribution in [1.29, 1.82) is 0 Å². The van der Waals surface area contributed by atoms with Crippen molar-refractivity contribution in [3.05, 3.63) is 29.3 Å². The molecule has 0 heterocycles. The maximum atomic E-state index is 12.2. The third kappa shape index (κ3) is 6.56. The first-order valence-corrected chi connectivity index (χ1v) is 9.18. The Balaban J connectivity index is 3.09. The number of esters is 1. The van der Waals surface area contributed by atoms with Gasteiger partial charge in [0.25, 0.3) is 0 Å². The van der Waals surface area contributed by atoms with Crippen LogP contribution in [0.4, 0.5) is 5.69 Å². The summed E-state index contributed by atoms with van der Waals surface area (Å²) in [6, 6.07) is 5.35. The number of anilines is 1. The smallest absolute Gasteiger partial charge is 0.338 e. The Morgan fingerprint density at radius 3 is 2.25 bits per heavy atom. The predicted octanol–water partition coefficient (Wildman–Crippen LogP) is 4.88. The Morgan fingerprint density at radius 1 is 1.12 bits per heavy atom. The first-order chi connectivity index (χ1) is 10.9. The molecule has 0 aliphatic heterocycles. The van der Waals surface area contributed by atoms with E-state index in [1.54, 1.807) is 30.8 Å². The number of carbonyl (C=O) groups is 2. The summed E-state index contributed by atoms with van der Waals surface area (Å²) in [5.74, 6) is 0.299. The van der Waals surface area contributed by atoms with Gasteiger partial charge in [-0.2, -0.15) is 11.8 Å². The summed E-state index contributed by atoms with van der Waals surface area (Å²) in [5, 5.41) is 2.92. The van der Waals surface area contributed by atoms with Gasteiger partial charge in [-0.3, -0.25) is 4.79 Å². The van der Waals surface area contributed by atoms with Crippen LogP contribution in [0.15, 0.2) is 18.2 Å². The fourth-order valence-corrected chi connectivity index (χ4v) is 2.64. The summed E-state index contributed by atoms with van der Waals surface area (Å²) in [6.45, 7) is 14.1. The molecule has 24 heavy (non-hydrogen) atoms. The zero-order chi connectivity index (χ0) is 18.5. The highest BCUT2D eigenvalue weighted by Gasteiger charge is 2.22. The van der Waals surface area contributed by atoms with E-state index in [0.717, 1.165) is 5.56 Å². The van der Waals surface area contributed by atoms with Crippen molar-refractivity contribution in [2.45, 2.75) is 59.0 Å². The molecule has 1 N–H and O–H groups in total. The largest absolute Gasteiger partial charge is 0.462 e. The van der Waals surface area contributed by atoms with Gasteiger partial charge in [0.2, 0.25) is 5.91 Å². The summed E-state index contributed by atoms with van der Waals surface area (Å²) in [5.41, 5.74) is 1.66. The average Bonchev–Trinajstić information content (AvgIpc) is 2.43. The van der Waals surface area contributed by atoms with Gasteiger partial charge in [0, 0.05) is 21.6 Å². The second-order valence-electron chi connectivity index (χ2n) is 7.70. The number of ether oxygens (including phenoxy) is 1. The summed E-state index contributed by atoms with van der Waals surface area (Å²) in [4.78, 5) is 24.3. The average molecular weight is 352 g/mol. The first-order valence-electron chi connectivity index (χ1n) is 8.19. The van der Waals surface area contributed by atoms with Crippen molar-refractivity contribution in [1.82, 2.24) is 0 Å². The van der Waals surface area contributed by atoms with Gasteiger partial charge in [0.05, 0.1) is 12.2 Å². The number of benzene rings is 1. The molecule has 0 spiro atoms. The Kier molecular flexibility index (Phi) is 6.90. The Labute approximate surface area is 149 Å². The Bertz CT molecular complexity index is 598. The summed E-state index contributed by atoms with van der Waals surface area (Å²) in [6.07, 6.45) is 0. The minimum absolute atomic E-state index is 0.0548. The van der Waals surface area contributed by atoms with E-state index >= 15 is 0 Å². The van der Waals surface area contributed by atoms with Gasteiger partial charge in [-0.05, 0) is 30.7 Å². The molecule has 0 aliphatic rings. The van der Waals surface area contributed by atoms with Crippen LogP contribution >= 0.6 is 11.8 Å². The third-order valence-electron chi connectivity index (χ3n) is 3.20. The first kappa shape index (κ1) is 20.6. The predicted molar refractivity (Wildman–Crippen MR) is 102 cm³/mol. The SMILES string of the molecule is CCOC(=O)c1ccc(NC(=O)C(C)(C)C)cc1CSC(C)(C)C. The molecule has 5 heteroatoms. The van der Waals surface area contributed by atoms with E-state index in [1.165, 1.54) is 0 Å². The molecular formula is C19H29NO3S. The van der Waals surface area contributed by atoms with E-state index in [4.69, 9.17) is 4.74 Å². The van der Waals surface area contributed by atoms with Crippen molar-refractivity contribution in [2.75, 3.05) is 11.9 Å². The molecule has 4 nitrogen and oxygen atoms in total. The molecule has 0 aromatic heterocycles. The van der Waals surface area contributed by atoms with Crippen LogP contribution in [0.5, 0.6) is 0 Å². The van der Waals surface area contributed by atoms with E-state index in [2.05, 4.69) is 26.1 Å². The fourth-order valence-electron chi connectivity index (χ4n) is 1.81. The maximum Gasteiger partial charge on any atom is 0.338 e. The van der Waals surface area contributed by atoms with Gasteiger partial charge in [-0.1, -0.05) is 41.5 Å². The number of rotatable bonds is 5. The third-order valence-corrected chi connectivity index (χ3v) is 4.52. The van der Waals surface area contributed by atoms with Crippen molar-refractivity contribution in [3.63, 3.8) is 0 Å². The highest BCUT2D eigenvalue weighted by molar-refractivity contribution is 7.99. The summed E-state index contributed by atoms with van der Waals surface area (Å²) >= 11 is 1.75. The molecule has 1 amide bonds. The molecule has 1 aromatic rings. The summed E-state index contributed by atoms with van der Waals surface area (Å²) < 4.78 is 5.22. The number of nitrogens with one attached hydrogen (secondary N) is 1. The number of thioether (sulfide) groups is 1. The van der Waals surface area contributed by atoms with Gasteiger partial charge < -0.3 is 10.1 Å². The maximum absolute atomic E-state index is 12.2. The molecule has 0 radical (unpaired) electrons. The van der Waals surface area contributed by atoms with Crippen molar-refractivity contribution < 1.29 is 14.3 Å². The Morgan fingerprint density at radius 2 is 1.75 bits per heavy atom. The van der Waals surface area contributed by atoms with Crippen LogP contribution in [-0.4, -0.2) is 23.2 Å². The van der Waals surface area contributed by atoms with E-state index in [-0.39, 0.29) is 16.6 Å². The van der Waals surface area contributed by atoms with E-state index < -0.39 is 5.41 Å². The van der Waals surface area contributed by atoms with E-state index in [9.17, 15) is 9.59 Å². The molecule has 0 saturated carbocycles. The van der Waals surface area contributed by atoms with Crippen LogP contribution in [-0.2, 0) is 15.3 Å². The van der Waals surface area contributed by atoms with Gasteiger partial charge in [0.15, 0.2) is 0 Å². The van der Waals surface area contributed by atoms with Crippen LogP contribution in [0.25, 0.3) is 0 Å². The van der Waals surface area contributed by atoms with Gasteiger partial charge in [-0.25, -0.2) is 4.79 Å². The molecule has 0 unspecified atom stereocenters. The van der Waals surface area contributed by atoms with Crippen LogP contribution in [0.1, 0.15) is 64.4 Å². The van der Waals surface area contributed by atoms with Crippen molar-refractivity contribution >= 4 is 29.3 Å². The topological polar surface area (TPSA) is 55.4 Å². The lowest BCUT2D eigenvalue weighted by molar-refractivity contribution is -0.123. The van der Waals surface area contributed by atoms with Gasteiger partial charge in [-0.15, -0.1) is 0 Å². The molecule has 1 rings (SSSR count). The van der Waals surface area contributed by atoms with Crippen LogP contribution < -0.4 is 5.32 Å². The molecule has 0 aliphatic carbocycles. The van der Waals surface area contributed by atoms with Crippen LogP contribution in [0, 0.1) is 5.41 Å². The molecule has 134 valence electrons. The van der Waals surface area contributed by atoms with Crippen LogP contribution in [0.3, 0.4) is 0 Å². The molecule has 0 saturated heterocycles. The fraction of sp³-hybridized carbons (Fsp3) is 0.579. The quantitative estimate of drug-likeness (QED) is 0.768. The molecule has 0 atom stereocenters. The highest BCUT2D eigenvalue weighted by Crippen LogP contribution is 2.30. The lowest BCUT2D eigenvalue weighted by atomic mass is 9.95. The van der Waals surface area contributed by atoms with E-state index in [1.807, 2.05) is 26.8 Å². The minimum atomic E-state index is -0.472. The molecule has 1 aromatic carbocycles. The molecular weight excluding hydrogens is 322 g/mol. The normalized spacial score (nSPS) is 12.0. The second-order valence-corrected chi connectivity index (χ2v) is 9.50. The summed E-state index contributed by atoms with van der Waals surface area (Å²) in [7, 11) is 0. The Hall–Kier alpha value is -1.49. The standard InChI is InChI=1S/C19H29NO3S/c1-8-23-16(21)15-10-9-14(20-17(22)18(2,3)4)11-13(15)12-24-19(5,6)7/h9-11H,8,12H2,1-7H3,(H,20,22). The molecule has 0 fully saturated rings. The zero-order valence-corrected chi connectivity index (χ0v) is 16.6. The lowest BCUT2D eigenvalue weighted by Gasteiger charge is -2.20. The van der Waals surface area contributed by atoms with E-state index in [0.29, 0.717) is 23.6 Å². The number of carbonyl (C=O) groups excluding carboxylic acids is 2. The number of hydrogen-bond donors (Lipinski definition) is 1. The van der Waals surface area contributed by atoms with Crippen molar-refractivity contribution in [2.24, 2.45) is 5.41 Å². The van der Waals surface area contributed by atoms with Gasteiger partial charge >= 0.3 is 5.97 Å². The second kappa shape index (κ2) is 8.06. The lowest BCUT2D eigenvalue weighted by Crippen LogP contribution is -2.27.